The molecule has 0 aliphatic carbocycles. The smallest absolute Gasteiger partial charge is 0.263 e. The summed E-state index contributed by atoms with van der Waals surface area (Å²) in [5, 5.41) is 10.8. The highest BCUT2D eigenvalue weighted by atomic mass is 32.2. The number of para-hydroxylation sites is 1. The molecule has 0 fully saturated rings. The van der Waals surface area contributed by atoms with E-state index in [2.05, 4.69) is 15.2 Å². The standard InChI is InChI=1S/C26H18FN5OS/c27-20-13-18-9-6-12-28-23(18)19(14-20)16-34-26-30-29-25-31(15-17-7-2-1-3-8-17)24(33)21-10-4-5-11-22(21)32(25)26/h1-14H,15-16H2. The van der Waals surface area contributed by atoms with Crippen molar-refractivity contribution >= 4 is 39.3 Å². The van der Waals surface area contributed by atoms with E-state index in [4.69, 9.17) is 0 Å². The number of benzene rings is 3. The van der Waals surface area contributed by atoms with E-state index in [1.165, 1.54) is 23.9 Å². The van der Waals surface area contributed by atoms with Gasteiger partial charge in [0.25, 0.3) is 5.56 Å². The summed E-state index contributed by atoms with van der Waals surface area (Å²) in [6, 6.07) is 23.9. The maximum atomic E-state index is 14.2. The molecule has 0 bridgehead atoms. The highest BCUT2D eigenvalue weighted by molar-refractivity contribution is 7.98. The average Bonchev–Trinajstić information content (AvgIpc) is 3.29. The number of hydrogen-bond acceptors (Lipinski definition) is 5. The van der Waals surface area contributed by atoms with Crippen molar-refractivity contribution in [1.29, 1.82) is 0 Å². The summed E-state index contributed by atoms with van der Waals surface area (Å²) in [5.74, 6) is 0.625. The van der Waals surface area contributed by atoms with Gasteiger partial charge in [0.2, 0.25) is 5.78 Å². The van der Waals surface area contributed by atoms with Crippen LogP contribution in [0.4, 0.5) is 4.39 Å². The normalized spacial score (nSPS) is 11.6. The van der Waals surface area contributed by atoms with Gasteiger partial charge in [-0.1, -0.05) is 60.3 Å². The Hall–Kier alpha value is -4.04. The number of aromatic nitrogens is 5. The second-order valence-corrected chi connectivity index (χ2v) is 8.88. The third-order valence-electron chi connectivity index (χ3n) is 5.77. The Morgan fingerprint density at radius 1 is 0.912 bits per heavy atom. The van der Waals surface area contributed by atoms with E-state index in [-0.39, 0.29) is 11.4 Å². The van der Waals surface area contributed by atoms with Crippen molar-refractivity contribution in [3.8, 4) is 0 Å². The van der Waals surface area contributed by atoms with Crippen LogP contribution in [0.5, 0.6) is 0 Å². The number of pyridine rings is 1. The van der Waals surface area contributed by atoms with Crippen LogP contribution in [0.25, 0.3) is 27.6 Å². The van der Waals surface area contributed by atoms with Gasteiger partial charge in [-0.2, -0.15) is 0 Å². The van der Waals surface area contributed by atoms with Crippen LogP contribution in [0.1, 0.15) is 11.1 Å². The fraction of sp³-hybridized carbons (Fsp3) is 0.0769. The van der Waals surface area contributed by atoms with Crippen molar-refractivity contribution in [2.75, 3.05) is 0 Å². The minimum absolute atomic E-state index is 0.115. The molecular formula is C26H18FN5OS. The SMILES string of the molecule is O=c1c2ccccc2n2c(SCc3cc(F)cc4cccnc34)nnc2n1Cc1ccccc1. The molecule has 0 saturated heterocycles. The lowest BCUT2D eigenvalue weighted by Gasteiger charge is -2.11. The zero-order valence-electron chi connectivity index (χ0n) is 17.9. The zero-order chi connectivity index (χ0) is 23.1. The van der Waals surface area contributed by atoms with E-state index < -0.39 is 0 Å². The second kappa shape index (κ2) is 8.39. The minimum atomic E-state index is -0.302. The monoisotopic (exact) mass is 467 g/mol. The lowest BCUT2D eigenvalue weighted by Crippen LogP contribution is -2.24. The number of halogens is 1. The van der Waals surface area contributed by atoms with Crippen LogP contribution < -0.4 is 5.56 Å². The van der Waals surface area contributed by atoms with E-state index in [1.54, 1.807) is 16.8 Å². The number of hydrogen-bond donors (Lipinski definition) is 0. The van der Waals surface area contributed by atoms with Crippen LogP contribution in [0.3, 0.4) is 0 Å². The predicted molar refractivity (Wildman–Crippen MR) is 132 cm³/mol. The van der Waals surface area contributed by atoms with E-state index in [0.29, 0.717) is 28.6 Å². The molecule has 0 aliphatic heterocycles. The molecule has 8 heteroatoms. The van der Waals surface area contributed by atoms with Crippen LogP contribution in [0, 0.1) is 5.82 Å². The largest absolute Gasteiger partial charge is 0.272 e. The first-order chi connectivity index (χ1) is 16.7. The summed E-state index contributed by atoms with van der Waals surface area (Å²) >= 11 is 1.44. The summed E-state index contributed by atoms with van der Waals surface area (Å²) in [5.41, 5.74) is 3.16. The highest BCUT2D eigenvalue weighted by Gasteiger charge is 2.17. The van der Waals surface area contributed by atoms with Crippen molar-refractivity contribution < 1.29 is 4.39 Å². The minimum Gasteiger partial charge on any atom is -0.272 e. The summed E-state index contributed by atoms with van der Waals surface area (Å²) in [4.78, 5) is 17.8. The molecule has 6 rings (SSSR count). The van der Waals surface area contributed by atoms with Gasteiger partial charge in [-0.15, -0.1) is 10.2 Å². The molecule has 0 saturated carbocycles. The molecule has 0 radical (unpaired) electrons. The molecule has 166 valence electrons. The Balaban J connectivity index is 1.48. The highest BCUT2D eigenvalue weighted by Crippen LogP contribution is 2.28. The van der Waals surface area contributed by atoms with Gasteiger partial charge < -0.3 is 0 Å². The van der Waals surface area contributed by atoms with Crippen LogP contribution in [0.15, 0.2) is 95.0 Å². The van der Waals surface area contributed by atoms with Crippen LogP contribution in [-0.4, -0.2) is 24.1 Å². The van der Waals surface area contributed by atoms with Crippen molar-refractivity contribution in [3.05, 3.63) is 112 Å². The maximum Gasteiger partial charge on any atom is 0.263 e. The number of fused-ring (bicyclic) bond motifs is 4. The lowest BCUT2D eigenvalue weighted by atomic mass is 10.1. The molecule has 0 aliphatic rings. The third-order valence-corrected chi connectivity index (χ3v) is 6.74. The fourth-order valence-corrected chi connectivity index (χ4v) is 5.13. The molecule has 0 spiro atoms. The van der Waals surface area contributed by atoms with Gasteiger partial charge in [0, 0.05) is 17.3 Å². The van der Waals surface area contributed by atoms with E-state index in [0.717, 1.165) is 27.5 Å². The molecule has 0 unspecified atom stereocenters. The van der Waals surface area contributed by atoms with E-state index in [9.17, 15) is 9.18 Å². The Morgan fingerprint density at radius 3 is 2.62 bits per heavy atom. The molecule has 0 N–H and O–H groups in total. The first-order valence-electron chi connectivity index (χ1n) is 10.8. The zero-order valence-corrected chi connectivity index (χ0v) is 18.7. The molecule has 3 heterocycles. The Bertz CT molecular complexity index is 1730. The van der Waals surface area contributed by atoms with Gasteiger partial charge in [-0.05, 0) is 41.5 Å². The van der Waals surface area contributed by atoms with Crippen LogP contribution >= 0.6 is 11.8 Å². The Kier molecular flexibility index (Phi) is 5.07. The van der Waals surface area contributed by atoms with Gasteiger partial charge in [-0.3, -0.25) is 18.7 Å². The average molecular weight is 468 g/mol. The molecule has 6 nitrogen and oxygen atoms in total. The number of rotatable bonds is 5. The van der Waals surface area contributed by atoms with Gasteiger partial charge in [0.1, 0.15) is 5.82 Å². The van der Waals surface area contributed by atoms with Crippen molar-refractivity contribution in [1.82, 2.24) is 24.1 Å². The first kappa shape index (κ1) is 20.6. The molecule has 3 aromatic carbocycles. The molecule has 34 heavy (non-hydrogen) atoms. The summed E-state index contributed by atoms with van der Waals surface area (Å²) < 4.78 is 17.8. The molecule has 6 aromatic rings. The van der Waals surface area contributed by atoms with Crippen LogP contribution in [0.2, 0.25) is 0 Å². The van der Waals surface area contributed by atoms with E-state index >= 15 is 0 Å². The molecule has 0 amide bonds. The third kappa shape index (κ3) is 3.52. The summed E-state index contributed by atoms with van der Waals surface area (Å²) in [7, 11) is 0. The van der Waals surface area contributed by atoms with Crippen LogP contribution in [-0.2, 0) is 12.3 Å². The van der Waals surface area contributed by atoms with Crippen molar-refractivity contribution in [3.63, 3.8) is 0 Å². The Morgan fingerprint density at radius 2 is 1.74 bits per heavy atom. The lowest BCUT2D eigenvalue weighted by molar-refractivity contribution is 0.628. The van der Waals surface area contributed by atoms with Gasteiger partial charge in [0.15, 0.2) is 5.16 Å². The van der Waals surface area contributed by atoms with E-state index in [1.807, 2.05) is 65.1 Å². The van der Waals surface area contributed by atoms with Gasteiger partial charge >= 0.3 is 0 Å². The maximum absolute atomic E-state index is 14.2. The predicted octanol–water partition coefficient (Wildman–Crippen LogP) is 5.07. The molecule has 3 aromatic heterocycles. The summed E-state index contributed by atoms with van der Waals surface area (Å²) in [6.45, 7) is 0.384. The Labute approximate surface area is 197 Å². The molecule has 0 atom stereocenters. The number of nitrogens with zero attached hydrogens (tertiary/aromatic N) is 5. The van der Waals surface area contributed by atoms with Gasteiger partial charge in [0.05, 0.1) is 23.0 Å². The molecular weight excluding hydrogens is 449 g/mol. The quantitative estimate of drug-likeness (QED) is 0.331. The second-order valence-electron chi connectivity index (χ2n) is 7.94. The first-order valence-corrected chi connectivity index (χ1v) is 11.7. The van der Waals surface area contributed by atoms with Crippen molar-refractivity contribution in [2.24, 2.45) is 0 Å². The summed E-state index contributed by atoms with van der Waals surface area (Å²) in [6.07, 6.45) is 1.71. The number of thioether (sulfide) groups is 1. The fourth-order valence-electron chi connectivity index (χ4n) is 4.22. The van der Waals surface area contributed by atoms with Gasteiger partial charge in [-0.25, -0.2) is 4.39 Å². The van der Waals surface area contributed by atoms with Crippen molar-refractivity contribution in [2.45, 2.75) is 17.5 Å². The topological polar surface area (TPSA) is 65.1 Å².